The summed E-state index contributed by atoms with van der Waals surface area (Å²) in [5.41, 5.74) is 0. The SMILES string of the molecule is CCCCCCC(=O)NC(C)C1CCCCN1. The van der Waals surface area contributed by atoms with Crippen LogP contribution in [0.4, 0.5) is 0 Å². The third-order valence-electron chi connectivity index (χ3n) is 3.60. The van der Waals surface area contributed by atoms with E-state index in [-0.39, 0.29) is 11.9 Å². The van der Waals surface area contributed by atoms with Crippen LogP contribution in [-0.2, 0) is 4.79 Å². The molecule has 2 N–H and O–H groups in total. The largest absolute Gasteiger partial charge is 0.352 e. The molecule has 0 radical (unpaired) electrons. The Morgan fingerprint density at radius 1 is 1.35 bits per heavy atom. The summed E-state index contributed by atoms with van der Waals surface area (Å²) in [5.74, 6) is 0.223. The van der Waals surface area contributed by atoms with E-state index in [4.69, 9.17) is 0 Å². The molecule has 2 atom stereocenters. The molecule has 1 aliphatic heterocycles. The van der Waals surface area contributed by atoms with Crippen molar-refractivity contribution in [3.8, 4) is 0 Å². The molecular formula is C14H28N2O. The predicted molar refractivity (Wildman–Crippen MR) is 72.0 cm³/mol. The number of hydrogen-bond acceptors (Lipinski definition) is 2. The van der Waals surface area contributed by atoms with E-state index in [2.05, 4.69) is 24.5 Å². The van der Waals surface area contributed by atoms with Gasteiger partial charge < -0.3 is 10.6 Å². The molecule has 1 fully saturated rings. The molecule has 2 unspecified atom stereocenters. The van der Waals surface area contributed by atoms with Crippen molar-refractivity contribution in [2.24, 2.45) is 0 Å². The van der Waals surface area contributed by atoms with Crippen molar-refractivity contribution >= 4 is 5.91 Å². The molecule has 1 rings (SSSR count). The molecule has 3 nitrogen and oxygen atoms in total. The minimum absolute atomic E-state index is 0.223. The quantitative estimate of drug-likeness (QED) is 0.672. The number of unbranched alkanes of at least 4 members (excludes halogenated alkanes) is 3. The lowest BCUT2D eigenvalue weighted by Gasteiger charge is -2.29. The summed E-state index contributed by atoms with van der Waals surface area (Å²) < 4.78 is 0. The molecule has 0 saturated carbocycles. The fraction of sp³-hybridized carbons (Fsp3) is 0.929. The number of carbonyl (C=O) groups excluding carboxylic acids is 1. The molecule has 1 saturated heterocycles. The van der Waals surface area contributed by atoms with E-state index < -0.39 is 0 Å². The second kappa shape index (κ2) is 8.51. The van der Waals surface area contributed by atoms with Crippen LogP contribution in [-0.4, -0.2) is 24.5 Å². The number of nitrogens with one attached hydrogen (secondary N) is 2. The van der Waals surface area contributed by atoms with Crippen molar-refractivity contribution in [3.63, 3.8) is 0 Å². The Morgan fingerprint density at radius 2 is 2.18 bits per heavy atom. The van der Waals surface area contributed by atoms with Gasteiger partial charge in [0.1, 0.15) is 0 Å². The first-order valence-electron chi connectivity index (χ1n) is 7.26. The van der Waals surface area contributed by atoms with E-state index in [1.165, 1.54) is 38.5 Å². The zero-order chi connectivity index (χ0) is 12.5. The van der Waals surface area contributed by atoms with Crippen molar-refractivity contribution < 1.29 is 4.79 Å². The van der Waals surface area contributed by atoms with Crippen molar-refractivity contribution in [1.82, 2.24) is 10.6 Å². The van der Waals surface area contributed by atoms with Gasteiger partial charge >= 0.3 is 0 Å². The number of piperidine rings is 1. The Balaban J connectivity index is 2.11. The van der Waals surface area contributed by atoms with Gasteiger partial charge in [-0.25, -0.2) is 0 Å². The van der Waals surface area contributed by atoms with Gasteiger partial charge in [-0.1, -0.05) is 32.6 Å². The first-order valence-corrected chi connectivity index (χ1v) is 7.26. The number of carbonyl (C=O) groups is 1. The van der Waals surface area contributed by atoms with Gasteiger partial charge in [-0.2, -0.15) is 0 Å². The van der Waals surface area contributed by atoms with E-state index in [0.717, 1.165) is 13.0 Å². The van der Waals surface area contributed by atoms with E-state index in [1.54, 1.807) is 0 Å². The standard InChI is InChI=1S/C14H28N2O/c1-3-4-5-6-10-14(17)16-12(2)13-9-7-8-11-15-13/h12-13,15H,3-11H2,1-2H3,(H,16,17). The Bertz CT molecular complexity index is 212. The minimum Gasteiger partial charge on any atom is -0.352 e. The lowest BCUT2D eigenvalue weighted by Crippen LogP contribution is -2.50. The lowest BCUT2D eigenvalue weighted by atomic mass is 9.99. The summed E-state index contributed by atoms with van der Waals surface area (Å²) in [6.07, 6.45) is 9.12. The van der Waals surface area contributed by atoms with Crippen LogP contribution in [0.2, 0.25) is 0 Å². The molecule has 0 spiro atoms. The molecule has 1 amide bonds. The summed E-state index contributed by atoms with van der Waals surface area (Å²) >= 11 is 0. The van der Waals surface area contributed by atoms with Crippen LogP contribution in [0.5, 0.6) is 0 Å². The van der Waals surface area contributed by atoms with Gasteiger partial charge in [-0.05, 0) is 32.7 Å². The first-order chi connectivity index (χ1) is 8.24. The Labute approximate surface area is 106 Å². The Morgan fingerprint density at radius 3 is 2.82 bits per heavy atom. The van der Waals surface area contributed by atoms with Gasteiger partial charge in [0, 0.05) is 18.5 Å². The molecule has 0 bridgehead atoms. The summed E-state index contributed by atoms with van der Waals surface area (Å²) in [4.78, 5) is 11.7. The third-order valence-corrected chi connectivity index (χ3v) is 3.60. The summed E-state index contributed by atoms with van der Waals surface area (Å²) in [6.45, 7) is 5.41. The average molecular weight is 240 g/mol. The Hall–Kier alpha value is -0.570. The molecule has 0 aliphatic carbocycles. The van der Waals surface area contributed by atoms with Gasteiger partial charge in [0.05, 0.1) is 0 Å². The van der Waals surface area contributed by atoms with Crippen molar-refractivity contribution in [2.45, 2.75) is 77.3 Å². The fourth-order valence-corrected chi connectivity index (χ4v) is 2.44. The average Bonchev–Trinajstić information content (AvgIpc) is 2.36. The topological polar surface area (TPSA) is 41.1 Å². The summed E-state index contributed by atoms with van der Waals surface area (Å²) in [5, 5.41) is 6.61. The van der Waals surface area contributed by atoms with Crippen LogP contribution < -0.4 is 10.6 Å². The van der Waals surface area contributed by atoms with E-state index in [0.29, 0.717) is 12.5 Å². The minimum atomic E-state index is 0.223. The van der Waals surface area contributed by atoms with Gasteiger partial charge in [-0.3, -0.25) is 4.79 Å². The van der Waals surface area contributed by atoms with Crippen LogP contribution in [0.1, 0.15) is 65.2 Å². The van der Waals surface area contributed by atoms with Crippen LogP contribution in [0, 0.1) is 0 Å². The molecule has 0 aromatic carbocycles. The monoisotopic (exact) mass is 240 g/mol. The molecule has 1 heterocycles. The second-order valence-electron chi connectivity index (χ2n) is 5.22. The molecule has 0 aromatic heterocycles. The zero-order valence-electron chi connectivity index (χ0n) is 11.4. The number of rotatable bonds is 7. The fourth-order valence-electron chi connectivity index (χ4n) is 2.44. The van der Waals surface area contributed by atoms with Crippen molar-refractivity contribution in [3.05, 3.63) is 0 Å². The maximum atomic E-state index is 11.7. The zero-order valence-corrected chi connectivity index (χ0v) is 11.4. The first kappa shape index (κ1) is 14.5. The highest BCUT2D eigenvalue weighted by molar-refractivity contribution is 5.76. The van der Waals surface area contributed by atoms with E-state index in [1.807, 2.05) is 0 Å². The van der Waals surface area contributed by atoms with Crippen LogP contribution in [0.3, 0.4) is 0 Å². The summed E-state index contributed by atoms with van der Waals surface area (Å²) in [6, 6.07) is 0.748. The van der Waals surface area contributed by atoms with Crippen LogP contribution >= 0.6 is 0 Å². The van der Waals surface area contributed by atoms with Crippen molar-refractivity contribution in [1.29, 1.82) is 0 Å². The molecule has 3 heteroatoms. The lowest BCUT2D eigenvalue weighted by molar-refractivity contribution is -0.122. The maximum Gasteiger partial charge on any atom is 0.220 e. The summed E-state index contributed by atoms with van der Waals surface area (Å²) in [7, 11) is 0. The number of hydrogen-bond donors (Lipinski definition) is 2. The molecule has 17 heavy (non-hydrogen) atoms. The highest BCUT2D eigenvalue weighted by Crippen LogP contribution is 2.10. The predicted octanol–water partition coefficient (Wildman–Crippen LogP) is 2.60. The second-order valence-corrected chi connectivity index (χ2v) is 5.22. The van der Waals surface area contributed by atoms with Crippen molar-refractivity contribution in [2.75, 3.05) is 6.54 Å². The Kier molecular flexibility index (Phi) is 7.25. The molecular weight excluding hydrogens is 212 g/mol. The molecule has 0 aromatic rings. The highest BCUT2D eigenvalue weighted by atomic mass is 16.1. The van der Waals surface area contributed by atoms with Gasteiger partial charge in [0.25, 0.3) is 0 Å². The molecule has 100 valence electrons. The smallest absolute Gasteiger partial charge is 0.220 e. The highest BCUT2D eigenvalue weighted by Gasteiger charge is 2.20. The van der Waals surface area contributed by atoms with Crippen LogP contribution in [0.25, 0.3) is 0 Å². The van der Waals surface area contributed by atoms with E-state index >= 15 is 0 Å². The van der Waals surface area contributed by atoms with Gasteiger partial charge in [-0.15, -0.1) is 0 Å². The normalized spacial score (nSPS) is 22.1. The van der Waals surface area contributed by atoms with Gasteiger partial charge in [0.2, 0.25) is 5.91 Å². The third kappa shape index (κ3) is 6.06. The molecule has 1 aliphatic rings. The van der Waals surface area contributed by atoms with Gasteiger partial charge in [0.15, 0.2) is 0 Å². The number of amides is 1. The van der Waals surface area contributed by atoms with Crippen LogP contribution in [0.15, 0.2) is 0 Å². The maximum absolute atomic E-state index is 11.7. The van der Waals surface area contributed by atoms with E-state index in [9.17, 15) is 4.79 Å².